The molecule has 0 bridgehead atoms. The minimum absolute atomic E-state index is 0.107. The Balaban J connectivity index is 3.70. The molecule has 0 heterocycles. The SMILES string of the molecule is CC=C(C)CC(=O)NC(C)C. The zero-order valence-corrected chi connectivity index (χ0v) is 7.77. The zero-order chi connectivity index (χ0) is 8.85. The topological polar surface area (TPSA) is 29.1 Å². The van der Waals surface area contributed by atoms with Gasteiger partial charge in [0.25, 0.3) is 0 Å². The van der Waals surface area contributed by atoms with Gasteiger partial charge in [0.1, 0.15) is 0 Å². The van der Waals surface area contributed by atoms with Crippen molar-refractivity contribution in [3.05, 3.63) is 11.6 Å². The van der Waals surface area contributed by atoms with E-state index in [0.717, 1.165) is 5.57 Å². The van der Waals surface area contributed by atoms with Crippen LogP contribution in [0.4, 0.5) is 0 Å². The molecule has 0 aliphatic rings. The van der Waals surface area contributed by atoms with Crippen LogP contribution in [0.3, 0.4) is 0 Å². The predicted molar refractivity (Wildman–Crippen MR) is 47.3 cm³/mol. The number of hydrogen-bond acceptors (Lipinski definition) is 1. The van der Waals surface area contributed by atoms with Crippen LogP contribution in [0.2, 0.25) is 0 Å². The average Bonchev–Trinajstić information content (AvgIpc) is 1.85. The fraction of sp³-hybridized carbons (Fsp3) is 0.667. The fourth-order valence-corrected chi connectivity index (χ4v) is 0.728. The lowest BCUT2D eigenvalue weighted by Gasteiger charge is -2.07. The van der Waals surface area contributed by atoms with Gasteiger partial charge in [-0.3, -0.25) is 4.79 Å². The highest BCUT2D eigenvalue weighted by atomic mass is 16.1. The molecule has 0 aliphatic carbocycles. The van der Waals surface area contributed by atoms with E-state index < -0.39 is 0 Å². The van der Waals surface area contributed by atoms with Gasteiger partial charge in [-0.25, -0.2) is 0 Å². The van der Waals surface area contributed by atoms with Crippen molar-refractivity contribution in [2.24, 2.45) is 0 Å². The molecule has 0 saturated carbocycles. The maximum atomic E-state index is 11.1. The quantitative estimate of drug-likeness (QED) is 0.619. The van der Waals surface area contributed by atoms with Crippen LogP contribution in [-0.4, -0.2) is 11.9 Å². The minimum atomic E-state index is 0.107. The predicted octanol–water partition coefficient (Wildman–Crippen LogP) is 1.87. The lowest BCUT2D eigenvalue weighted by Crippen LogP contribution is -2.29. The summed E-state index contributed by atoms with van der Waals surface area (Å²) < 4.78 is 0. The molecule has 0 aromatic carbocycles. The van der Waals surface area contributed by atoms with Crippen LogP contribution >= 0.6 is 0 Å². The summed E-state index contributed by atoms with van der Waals surface area (Å²) in [4.78, 5) is 11.1. The van der Waals surface area contributed by atoms with Crippen molar-refractivity contribution < 1.29 is 4.79 Å². The normalized spacial score (nSPS) is 11.9. The van der Waals surface area contributed by atoms with Crippen LogP contribution in [0.15, 0.2) is 11.6 Å². The molecule has 2 nitrogen and oxygen atoms in total. The molecule has 0 aromatic rings. The summed E-state index contributed by atoms with van der Waals surface area (Å²) in [5, 5.41) is 2.83. The van der Waals surface area contributed by atoms with Gasteiger partial charge in [0, 0.05) is 12.5 Å². The summed E-state index contributed by atoms with van der Waals surface area (Å²) in [6.07, 6.45) is 2.48. The van der Waals surface area contributed by atoms with Gasteiger partial charge in [-0.1, -0.05) is 11.6 Å². The Kier molecular flexibility index (Phi) is 4.59. The average molecular weight is 155 g/mol. The van der Waals surface area contributed by atoms with Crippen LogP contribution < -0.4 is 5.32 Å². The summed E-state index contributed by atoms with van der Waals surface area (Å²) >= 11 is 0. The first-order chi connectivity index (χ1) is 5.06. The monoisotopic (exact) mass is 155 g/mol. The summed E-state index contributed by atoms with van der Waals surface area (Å²) in [6.45, 7) is 7.82. The highest BCUT2D eigenvalue weighted by molar-refractivity contribution is 5.78. The Morgan fingerprint density at radius 1 is 1.55 bits per heavy atom. The Morgan fingerprint density at radius 2 is 2.09 bits per heavy atom. The van der Waals surface area contributed by atoms with E-state index in [1.54, 1.807) is 0 Å². The van der Waals surface area contributed by atoms with Crippen molar-refractivity contribution in [3.63, 3.8) is 0 Å². The molecule has 0 aromatic heterocycles. The highest BCUT2D eigenvalue weighted by Crippen LogP contribution is 1.98. The number of allylic oxidation sites excluding steroid dienone is 1. The molecule has 0 radical (unpaired) electrons. The molecule has 64 valence electrons. The first-order valence-electron chi connectivity index (χ1n) is 3.97. The van der Waals surface area contributed by atoms with Crippen molar-refractivity contribution in [2.75, 3.05) is 0 Å². The van der Waals surface area contributed by atoms with E-state index in [1.807, 2.05) is 33.8 Å². The Bertz CT molecular complexity index is 159. The lowest BCUT2D eigenvalue weighted by molar-refractivity contribution is -0.120. The van der Waals surface area contributed by atoms with E-state index in [0.29, 0.717) is 6.42 Å². The second-order valence-electron chi connectivity index (χ2n) is 3.03. The fourth-order valence-electron chi connectivity index (χ4n) is 0.728. The number of nitrogens with one attached hydrogen (secondary N) is 1. The number of rotatable bonds is 3. The van der Waals surface area contributed by atoms with E-state index in [-0.39, 0.29) is 11.9 Å². The van der Waals surface area contributed by atoms with Gasteiger partial charge in [-0.15, -0.1) is 0 Å². The number of hydrogen-bond donors (Lipinski definition) is 1. The third kappa shape index (κ3) is 5.64. The summed E-state index contributed by atoms with van der Waals surface area (Å²) in [5.74, 6) is 0.107. The molecule has 0 spiro atoms. The van der Waals surface area contributed by atoms with Gasteiger partial charge < -0.3 is 5.32 Å². The first-order valence-corrected chi connectivity index (χ1v) is 3.97. The third-order valence-corrected chi connectivity index (χ3v) is 1.38. The van der Waals surface area contributed by atoms with Crippen molar-refractivity contribution in [3.8, 4) is 0 Å². The van der Waals surface area contributed by atoms with E-state index >= 15 is 0 Å². The van der Waals surface area contributed by atoms with Crippen LogP contribution in [0.5, 0.6) is 0 Å². The largest absolute Gasteiger partial charge is 0.354 e. The highest BCUT2D eigenvalue weighted by Gasteiger charge is 2.02. The zero-order valence-electron chi connectivity index (χ0n) is 7.77. The molecule has 0 aliphatic heterocycles. The van der Waals surface area contributed by atoms with Gasteiger partial charge >= 0.3 is 0 Å². The molecule has 0 rings (SSSR count). The second kappa shape index (κ2) is 4.94. The molecular formula is C9H17NO. The molecule has 1 N–H and O–H groups in total. The molecule has 11 heavy (non-hydrogen) atoms. The Morgan fingerprint density at radius 3 is 2.45 bits per heavy atom. The van der Waals surface area contributed by atoms with Crippen LogP contribution in [0, 0.1) is 0 Å². The summed E-state index contributed by atoms with van der Waals surface area (Å²) in [6, 6.07) is 0.243. The summed E-state index contributed by atoms with van der Waals surface area (Å²) in [7, 11) is 0. The van der Waals surface area contributed by atoms with Gasteiger partial charge in [-0.05, 0) is 27.7 Å². The van der Waals surface area contributed by atoms with Gasteiger partial charge in [0.05, 0.1) is 0 Å². The first kappa shape index (κ1) is 10.2. The number of carbonyl (C=O) groups excluding carboxylic acids is 1. The van der Waals surface area contributed by atoms with Gasteiger partial charge in [0.2, 0.25) is 5.91 Å². The van der Waals surface area contributed by atoms with E-state index in [1.165, 1.54) is 0 Å². The standard InChI is InChI=1S/C9H17NO/c1-5-8(4)6-9(11)10-7(2)3/h5,7H,6H2,1-4H3,(H,10,11). The van der Waals surface area contributed by atoms with Gasteiger partial charge in [0.15, 0.2) is 0 Å². The molecule has 2 heteroatoms. The number of carbonyl (C=O) groups is 1. The molecule has 0 saturated heterocycles. The van der Waals surface area contributed by atoms with Crippen molar-refractivity contribution in [2.45, 2.75) is 40.2 Å². The maximum absolute atomic E-state index is 11.1. The van der Waals surface area contributed by atoms with Crippen LogP contribution in [0.1, 0.15) is 34.1 Å². The molecular weight excluding hydrogens is 138 g/mol. The smallest absolute Gasteiger partial charge is 0.224 e. The van der Waals surface area contributed by atoms with E-state index in [9.17, 15) is 4.79 Å². The molecule has 1 amide bonds. The maximum Gasteiger partial charge on any atom is 0.224 e. The van der Waals surface area contributed by atoms with Crippen molar-refractivity contribution in [1.29, 1.82) is 0 Å². The second-order valence-corrected chi connectivity index (χ2v) is 3.03. The van der Waals surface area contributed by atoms with Crippen molar-refractivity contribution >= 4 is 5.91 Å². The van der Waals surface area contributed by atoms with Crippen LogP contribution in [0.25, 0.3) is 0 Å². The van der Waals surface area contributed by atoms with E-state index in [2.05, 4.69) is 5.32 Å². The molecule has 0 fully saturated rings. The molecule has 0 atom stereocenters. The van der Waals surface area contributed by atoms with Crippen LogP contribution in [-0.2, 0) is 4.79 Å². The molecule has 0 unspecified atom stereocenters. The third-order valence-electron chi connectivity index (χ3n) is 1.38. The van der Waals surface area contributed by atoms with Gasteiger partial charge in [-0.2, -0.15) is 0 Å². The number of amides is 1. The minimum Gasteiger partial charge on any atom is -0.354 e. The Labute approximate surface area is 68.7 Å². The van der Waals surface area contributed by atoms with Crippen molar-refractivity contribution in [1.82, 2.24) is 5.32 Å². The lowest BCUT2D eigenvalue weighted by atomic mass is 10.2. The summed E-state index contributed by atoms with van der Waals surface area (Å²) in [5.41, 5.74) is 1.11. The Hall–Kier alpha value is -0.790. The van der Waals surface area contributed by atoms with E-state index in [4.69, 9.17) is 0 Å².